The average molecular weight is 390 g/mol. The van der Waals surface area contributed by atoms with E-state index >= 15 is 0 Å². The van der Waals surface area contributed by atoms with Gasteiger partial charge in [-0.3, -0.25) is 9.05 Å². The fourth-order valence-corrected chi connectivity index (χ4v) is 3.40. The Morgan fingerprint density at radius 3 is 1.91 bits per heavy atom. The first-order valence-electron chi connectivity index (χ1n) is 5.20. The van der Waals surface area contributed by atoms with Gasteiger partial charge < -0.3 is 39.4 Å². The van der Waals surface area contributed by atoms with Gasteiger partial charge in [-0.25, -0.2) is 13.7 Å². The van der Waals surface area contributed by atoms with E-state index in [0.29, 0.717) is 0 Å². The van der Waals surface area contributed by atoms with Gasteiger partial charge in [-0.05, 0) is 0 Å². The Morgan fingerprint density at radius 1 is 0.909 bits per heavy atom. The van der Waals surface area contributed by atoms with Crippen LogP contribution < -0.4 is 0 Å². The van der Waals surface area contributed by atoms with Crippen molar-refractivity contribution >= 4 is 23.5 Å². The Morgan fingerprint density at radius 2 is 1.45 bits per heavy atom. The van der Waals surface area contributed by atoms with E-state index in [1.807, 2.05) is 0 Å². The lowest BCUT2D eigenvalue weighted by atomic mass is 10.1. The zero-order chi connectivity index (χ0) is 17.3. The molecule has 7 N–H and O–H groups in total. The monoisotopic (exact) mass is 390 g/mol. The lowest BCUT2D eigenvalue weighted by molar-refractivity contribution is -0.125. The summed E-state index contributed by atoms with van der Waals surface area (Å²) in [7, 11) is -15.7. The summed E-state index contributed by atoms with van der Waals surface area (Å²) in [5.74, 6) is 0. The lowest BCUT2D eigenvalue weighted by Crippen LogP contribution is -2.34. The van der Waals surface area contributed by atoms with Crippen LogP contribution in [-0.2, 0) is 31.8 Å². The second-order valence-corrected chi connectivity index (χ2v) is 7.98. The Balaban J connectivity index is 2.68. The van der Waals surface area contributed by atoms with Gasteiger partial charge in [0.2, 0.25) is 0 Å². The van der Waals surface area contributed by atoms with Crippen LogP contribution in [0.5, 0.6) is 0 Å². The van der Waals surface area contributed by atoms with Crippen LogP contribution in [0.25, 0.3) is 0 Å². The van der Waals surface area contributed by atoms with E-state index in [1.54, 1.807) is 0 Å². The second kappa shape index (κ2) is 7.01. The van der Waals surface area contributed by atoms with Gasteiger partial charge in [-0.15, -0.1) is 0 Å². The minimum atomic E-state index is -5.39. The summed E-state index contributed by atoms with van der Waals surface area (Å²) in [5.41, 5.74) is 0. The molecule has 1 heterocycles. The minimum Gasteiger partial charge on any atom is -0.387 e. The van der Waals surface area contributed by atoms with Crippen LogP contribution in [0.3, 0.4) is 0 Å². The van der Waals surface area contributed by atoms with Crippen LogP contribution in [-0.4, -0.2) is 65.9 Å². The van der Waals surface area contributed by atoms with Gasteiger partial charge in [0.05, 0.1) is 6.61 Å². The first-order valence-corrected chi connectivity index (χ1v) is 9.75. The lowest BCUT2D eigenvalue weighted by Gasteiger charge is -2.18. The summed E-state index contributed by atoms with van der Waals surface area (Å²) >= 11 is 0. The Kier molecular flexibility index (Phi) is 6.47. The van der Waals surface area contributed by atoms with Gasteiger partial charge in [-0.1, -0.05) is 0 Å². The number of rotatable bonds is 7. The molecule has 0 spiro atoms. The van der Waals surface area contributed by atoms with E-state index < -0.39 is 54.7 Å². The molecule has 5 atom stereocenters. The molecule has 0 bridgehead atoms. The summed E-state index contributed by atoms with van der Waals surface area (Å²) in [4.78, 5) is 42.8. The molecule has 0 radical (unpaired) electrons. The molecular formula is C5H13O14P3. The number of hydrogen-bond donors (Lipinski definition) is 7. The standard InChI is InChI=1S/C5H13O14P3/c6-3-2(1-16-20(8,9)10)17-5(4(3)7)18-22(14,15)19-21(11,12)13/h2-7H,1H2,(H,14,15)(H2,8,9,10)(H2,11,12,13)/t2-,3+,4+,5+/m1/s1. The van der Waals surface area contributed by atoms with E-state index in [-0.39, 0.29) is 0 Å². The molecule has 0 aliphatic carbocycles. The molecule has 0 amide bonds. The topological polar surface area (TPSA) is 230 Å². The molecule has 1 aliphatic heterocycles. The number of phosphoric acid groups is 3. The van der Waals surface area contributed by atoms with Crippen molar-refractivity contribution in [2.24, 2.45) is 0 Å². The average Bonchev–Trinajstić information content (AvgIpc) is 2.49. The van der Waals surface area contributed by atoms with E-state index in [4.69, 9.17) is 24.5 Å². The Bertz CT molecular complexity index is 521. The van der Waals surface area contributed by atoms with Crippen LogP contribution in [0.4, 0.5) is 0 Å². The molecule has 1 unspecified atom stereocenters. The number of aliphatic hydroxyl groups is 2. The summed E-state index contributed by atoms with van der Waals surface area (Å²) < 4.78 is 48.5. The van der Waals surface area contributed by atoms with Crippen molar-refractivity contribution in [2.45, 2.75) is 24.6 Å². The molecule has 1 rings (SSSR count). The number of hydrogen-bond acceptors (Lipinski definition) is 9. The molecule has 14 nitrogen and oxygen atoms in total. The highest BCUT2D eigenvalue weighted by molar-refractivity contribution is 7.60. The fraction of sp³-hybridized carbons (Fsp3) is 1.00. The number of phosphoric ester groups is 2. The Hall–Kier alpha value is 0.250. The summed E-state index contributed by atoms with van der Waals surface area (Å²) in [6, 6.07) is 0. The number of aliphatic hydroxyl groups excluding tert-OH is 2. The second-order valence-electron chi connectivity index (χ2n) is 3.96. The largest absolute Gasteiger partial charge is 0.483 e. The highest BCUT2D eigenvalue weighted by Gasteiger charge is 2.48. The quantitative estimate of drug-likeness (QED) is 0.228. The third-order valence-corrected chi connectivity index (χ3v) is 4.81. The third-order valence-electron chi connectivity index (χ3n) is 2.17. The van der Waals surface area contributed by atoms with E-state index in [2.05, 4.69) is 18.1 Å². The first kappa shape index (κ1) is 20.3. The fourth-order valence-electron chi connectivity index (χ4n) is 1.39. The van der Waals surface area contributed by atoms with E-state index in [9.17, 15) is 23.9 Å². The van der Waals surface area contributed by atoms with Gasteiger partial charge in [0, 0.05) is 0 Å². The smallest absolute Gasteiger partial charge is 0.387 e. The van der Waals surface area contributed by atoms with Crippen LogP contribution >= 0.6 is 23.5 Å². The normalized spacial score (nSPS) is 32.9. The van der Waals surface area contributed by atoms with Crippen LogP contribution in [0.1, 0.15) is 0 Å². The van der Waals surface area contributed by atoms with Crippen molar-refractivity contribution in [3.8, 4) is 0 Å². The highest BCUT2D eigenvalue weighted by Crippen LogP contribution is 2.58. The van der Waals surface area contributed by atoms with Gasteiger partial charge in [-0.2, -0.15) is 4.31 Å². The molecular weight excluding hydrogens is 377 g/mol. The maximum atomic E-state index is 11.3. The molecule has 22 heavy (non-hydrogen) atoms. The molecule has 1 saturated heterocycles. The molecule has 0 aromatic carbocycles. The maximum Gasteiger partial charge on any atom is 0.483 e. The van der Waals surface area contributed by atoms with Crippen molar-refractivity contribution < 1.29 is 66.5 Å². The molecule has 0 saturated carbocycles. The third kappa shape index (κ3) is 6.79. The summed E-state index contributed by atoms with van der Waals surface area (Å²) in [6.45, 7) is -0.905. The van der Waals surface area contributed by atoms with Crippen LogP contribution in [0, 0.1) is 0 Å². The van der Waals surface area contributed by atoms with Gasteiger partial charge in [0.15, 0.2) is 6.29 Å². The molecule has 1 aliphatic rings. The zero-order valence-electron chi connectivity index (χ0n) is 10.3. The number of ether oxygens (including phenoxy) is 1. The minimum absolute atomic E-state index is 0.905. The molecule has 0 aromatic heterocycles. The van der Waals surface area contributed by atoms with Gasteiger partial charge >= 0.3 is 23.5 Å². The van der Waals surface area contributed by atoms with E-state index in [1.165, 1.54) is 0 Å². The van der Waals surface area contributed by atoms with Gasteiger partial charge in [0.1, 0.15) is 18.3 Å². The van der Waals surface area contributed by atoms with Crippen LogP contribution in [0.15, 0.2) is 0 Å². The highest BCUT2D eigenvalue weighted by atomic mass is 31.3. The predicted octanol–water partition coefficient (Wildman–Crippen LogP) is -2.23. The van der Waals surface area contributed by atoms with Crippen molar-refractivity contribution in [3.63, 3.8) is 0 Å². The molecule has 0 aromatic rings. The summed E-state index contributed by atoms with van der Waals surface area (Å²) in [6.07, 6.45) is -7.43. The molecule has 17 heteroatoms. The molecule has 132 valence electrons. The summed E-state index contributed by atoms with van der Waals surface area (Å²) in [5, 5.41) is 19.0. The SMILES string of the molecule is O=P(O)(O)OC[C@H]1O[C@@H](OP(=O)(O)OP(=O)(O)O)[C@@H](O)[C@H]1O. The van der Waals surface area contributed by atoms with Crippen molar-refractivity contribution in [3.05, 3.63) is 0 Å². The maximum absolute atomic E-state index is 11.3. The molecule has 1 fully saturated rings. The zero-order valence-corrected chi connectivity index (χ0v) is 13.0. The predicted molar refractivity (Wildman–Crippen MR) is 62.7 cm³/mol. The van der Waals surface area contributed by atoms with Crippen molar-refractivity contribution in [1.82, 2.24) is 0 Å². The van der Waals surface area contributed by atoms with Crippen LogP contribution in [0.2, 0.25) is 0 Å². The Labute approximate surface area is 122 Å². The first-order chi connectivity index (χ1) is 9.70. The van der Waals surface area contributed by atoms with Crippen molar-refractivity contribution in [1.29, 1.82) is 0 Å². The van der Waals surface area contributed by atoms with Crippen molar-refractivity contribution in [2.75, 3.05) is 6.61 Å². The van der Waals surface area contributed by atoms with E-state index in [0.717, 1.165) is 0 Å². The van der Waals surface area contributed by atoms with Gasteiger partial charge in [0.25, 0.3) is 0 Å².